The maximum atomic E-state index is 13.6. The van der Waals surface area contributed by atoms with E-state index in [1.807, 2.05) is 0 Å². The third-order valence-corrected chi connectivity index (χ3v) is 4.56. The Morgan fingerprint density at radius 1 is 1.09 bits per heavy atom. The van der Waals surface area contributed by atoms with E-state index in [2.05, 4.69) is 10.6 Å². The van der Waals surface area contributed by atoms with Crippen molar-refractivity contribution in [2.75, 3.05) is 13.2 Å². The first-order valence-electron chi connectivity index (χ1n) is 11.1. The van der Waals surface area contributed by atoms with E-state index in [4.69, 9.17) is 10.5 Å². The van der Waals surface area contributed by atoms with Gasteiger partial charge in [-0.05, 0) is 59.6 Å². The minimum absolute atomic E-state index is 0.222. The van der Waals surface area contributed by atoms with E-state index in [-0.39, 0.29) is 6.54 Å². The molecule has 0 heterocycles. The fourth-order valence-corrected chi connectivity index (χ4v) is 3.31. The number of nitrogens with two attached hydrogens (primary N) is 1. The predicted molar refractivity (Wildman–Crippen MR) is 128 cm³/mol. The molecular weight excluding hydrogens is 440 g/mol. The van der Waals surface area contributed by atoms with Gasteiger partial charge in [0.25, 0.3) is 0 Å². The van der Waals surface area contributed by atoms with Crippen molar-refractivity contribution in [2.45, 2.75) is 78.1 Å². The highest BCUT2D eigenvalue weighted by atomic mass is 16.6. The summed E-state index contributed by atoms with van der Waals surface area (Å²) in [4.78, 5) is 52.2. The molecule has 0 saturated heterocycles. The lowest BCUT2D eigenvalue weighted by molar-refractivity contribution is -0.144. The van der Waals surface area contributed by atoms with E-state index >= 15 is 0 Å². The molecule has 0 spiro atoms. The number of nitrogens with one attached hydrogen (secondary N) is 2. The zero-order chi connectivity index (χ0) is 26.3. The highest BCUT2D eigenvalue weighted by Crippen LogP contribution is 2.26. The van der Waals surface area contributed by atoms with Gasteiger partial charge in [-0.3, -0.25) is 14.4 Å². The van der Waals surface area contributed by atoms with Gasteiger partial charge in [0, 0.05) is 12.1 Å². The minimum atomic E-state index is -1.40. The number of ether oxygens (including phenoxy) is 1. The van der Waals surface area contributed by atoms with Gasteiger partial charge in [0.05, 0.1) is 13.0 Å². The molecule has 1 aromatic rings. The Morgan fingerprint density at radius 3 is 2.15 bits per heavy atom. The molecule has 2 atom stereocenters. The molecular formula is C24H38N4O6. The summed E-state index contributed by atoms with van der Waals surface area (Å²) in [6.45, 7) is 11.5. The van der Waals surface area contributed by atoms with Crippen molar-refractivity contribution in [3.8, 4) is 0 Å². The maximum Gasteiger partial charge on any atom is 0.408 e. The van der Waals surface area contributed by atoms with Gasteiger partial charge in [0.2, 0.25) is 17.7 Å². The number of carbonyl (C=O) groups excluding carboxylic acids is 4. The number of primary amides is 1. The molecule has 0 aliphatic rings. The van der Waals surface area contributed by atoms with Crippen molar-refractivity contribution in [1.82, 2.24) is 15.5 Å². The number of aliphatic hydroxyl groups is 1. The number of aliphatic hydroxyl groups excluding tert-OH is 1. The summed E-state index contributed by atoms with van der Waals surface area (Å²) in [7, 11) is 0. The molecule has 0 aromatic heterocycles. The third kappa shape index (κ3) is 9.38. The number of benzene rings is 1. The van der Waals surface area contributed by atoms with E-state index < -0.39 is 60.1 Å². The van der Waals surface area contributed by atoms with Crippen LogP contribution in [0.15, 0.2) is 24.3 Å². The molecule has 1 aromatic carbocycles. The first-order chi connectivity index (χ1) is 15.6. The standard InChI is InChI=1S/C24H38N4O6/c1-15-10-8-9-11-16(15)19(20(31)27-23(2,3)4)28(12-13-29)21(32)17(14-18(25)30)26-22(33)34-24(5,6)7/h8-11,17,19,29H,12-14H2,1-7H3,(H2,25,30)(H,26,33)(H,27,31). The number of amides is 4. The normalized spacial score (nSPS) is 13.4. The van der Waals surface area contributed by atoms with E-state index in [1.165, 1.54) is 0 Å². The Morgan fingerprint density at radius 2 is 1.68 bits per heavy atom. The van der Waals surface area contributed by atoms with Crippen LogP contribution in [0.1, 0.15) is 65.1 Å². The van der Waals surface area contributed by atoms with E-state index in [9.17, 15) is 24.3 Å². The van der Waals surface area contributed by atoms with E-state index in [0.717, 1.165) is 10.5 Å². The summed E-state index contributed by atoms with van der Waals surface area (Å²) in [5, 5.41) is 15.0. The van der Waals surface area contributed by atoms with Gasteiger partial charge in [0.15, 0.2) is 0 Å². The molecule has 0 aliphatic carbocycles. The fraction of sp³-hybridized carbons (Fsp3) is 0.583. The topological polar surface area (TPSA) is 151 Å². The van der Waals surface area contributed by atoms with Gasteiger partial charge in [-0.25, -0.2) is 4.79 Å². The summed E-state index contributed by atoms with van der Waals surface area (Å²) < 4.78 is 5.22. The Kier molecular flexibility index (Phi) is 10.0. The number of hydrogen-bond acceptors (Lipinski definition) is 6. The van der Waals surface area contributed by atoms with E-state index in [1.54, 1.807) is 72.7 Å². The Hall–Kier alpha value is -3.14. The lowest BCUT2D eigenvalue weighted by atomic mass is 9.96. The summed E-state index contributed by atoms with van der Waals surface area (Å²) in [5.41, 5.74) is 5.18. The molecule has 0 bridgehead atoms. The lowest BCUT2D eigenvalue weighted by Gasteiger charge is -2.36. The SMILES string of the molecule is Cc1ccccc1C(C(=O)NC(C)(C)C)N(CCO)C(=O)C(CC(N)=O)NC(=O)OC(C)(C)C. The van der Waals surface area contributed by atoms with Gasteiger partial charge in [-0.15, -0.1) is 0 Å². The van der Waals surface area contributed by atoms with Gasteiger partial charge in [-0.2, -0.15) is 0 Å². The molecule has 190 valence electrons. The van der Waals surface area contributed by atoms with Crippen molar-refractivity contribution < 1.29 is 29.0 Å². The van der Waals surface area contributed by atoms with Crippen LogP contribution in [0, 0.1) is 6.92 Å². The van der Waals surface area contributed by atoms with Crippen LogP contribution < -0.4 is 16.4 Å². The van der Waals surface area contributed by atoms with Crippen molar-refractivity contribution in [3.63, 3.8) is 0 Å². The van der Waals surface area contributed by atoms with Crippen LogP contribution in [-0.2, 0) is 19.1 Å². The van der Waals surface area contributed by atoms with Gasteiger partial charge in [0.1, 0.15) is 17.7 Å². The highest BCUT2D eigenvalue weighted by Gasteiger charge is 2.38. The van der Waals surface area contributed by atoms with Crippen molar-refractivity contribution in [2.24, 2.45) is 5.73 Å². The van der Waals surface area contributed by atoms with Crippen LogP contribution in [0.3, 0.4) is 0 Å². The van der Waals surface area contributed by atoms with Crippen molar-refractivity contribution >= 4 is 23.8 Å². The molecule has 34 heavy (non-hydrogen) atoms. The monoisotopic (exact) mass is 478 g/mol. The summed E-state index contributed by atoms with van der Waals surface area (Å²) in [6, 6.07) is 4.53. The quantitative estimate of drug-likeness (QED) is 0.423. The second-order valence-electron chi connectivity index (χ2n) is 10.1. The van der Waals surface area contributed by atoms with Gasteiger partial charge >= 0.3 is 6.09 Å². The first kappa shape index (κ1) is 28.9. The average molecular weight is 479 g/mol. The van der Waals surface area contributed by atoms with Crippen LogP contribution in [0.5, 0.6) is 0 Å². The van der Waals surface area contributed by atoms with Crippen molar-refractivity contribution in [3.05, 3.63) is 35.4 Å². The number of rotatable bonds is 9. The Bertz CT molecular complexity index is 888. The highest BCUT2D eigenvalue weighted by molar-refractivity contribution is 5.94. The van der Waals surface area contributed by atoms with E-state index in [0.29, 0.717) is 5.56 Å². The first-order valence-corrected chi connectivity index (χ1v) is 11.1. The van der Waals surface area contributed by atoms with Crippen LogP contribution >= 0.6 is 0 Å². The minimum Gasteiger partial charge on any atom is -0.444 e. The molecule has 4 amide bonds. The molecule has 5 N–H and O–H groups in total. The zero-order valence-electron chi connectivity index (χ0n) is 21.1. The number of nitrogens with zero attached hydrogens (tertiary/aromatic N) is 1. The number of aryl methyl sites for hydroxylation is 1. The van der Waals surface area contributed by atoms with Crippen LogP contribution in [0.4, 0.5) is 4.79 Å². The average Bonchev–Trinajstić information content (AvgIpc) is 2.64. The summed E-state index contributed by atoms with van der Waals surface area (Å²) >= 11 is 0. The predicted octanol–water partition coefficient (Wildman–Crippen LogP) is 1.54. The zero-order valence-corrected chi connectivity index (χ0v) is 21.1. The third-order valence-electron chi connectivity index (χ3n) is 4.56. The Balaban J connectivity index is 3.48. The fourth-order valence-electron chi connectivity index (χ4n) is 3.31. The number of hydrogen-bond donors (Lipinski definition) is 4. The smallest absolute Gasteiger partial charge is 0.408 e. The number of alkyl carbamates (subject to hydrolysis) is 1. The van der Waals surface area contributed by atoms with Crippen LogP contribution in [0.25, 0.3) is 0 Å². The lowest BCUT2D eigenvalue weighted by Crippen LogP contribution is -2.56. The summed E-state index contributed by atoms with van der Waals surface area (Å²) in [6.07, 6.45) is -1.43. The molecule has 10 heteroatoms. The largest absolute Gasteiger partial charge is 0.444 e. The second kappa shape index (κ2) is 11.8. The Labute approximate surface area is 201 Å². The summed E-state index contributed by atoms with van der Waals surface area (Å²) in [5.74, 6) is -2.06. The molecule has 10 nitrogen and oxygen atoms in total. The molecule has 2 unspecified atom stereocenters. The molecule has 1 rings (SSSR count). The van der Waals surface area contributed by atoms with Crippen LogP contribution in [-0.4, -0.2) is 64.2 Å². The molecule has 0 fully saturated rings. The van der Waals surface area contributed by atoms with Gasteiger partial charge in [-0.1, -0.05) is 24.3 Å². The maximum absolute atomic E-state index is 13.6. The van der Waals surface area contributed by atoms with Crippen molar-refractivity contribution in [1.29, 1.82) is 0 Å². The molecule has 0 saturated carbocycles. The molecule has 0 radical (unpaired) electrons. The van der Waals surface area contributed by atoms with Crippen LogP contribution in [0.2, 0.25) is 0 Å². The van der Waals surface area contributed by atoms with Gasteiger partial charge < -0.3 is 31.1 Å². The second-order valence-corrected chi connectivity index (χ2v) is 10.1. The number of carbonyl (C=O) groups is 4. The molecule has 0 aliphatic heterocycles.